The van der Waals surface area contributed by atoms with Crippen LogP contribution in [0.4, 0.5) is 0 Å². The summed E-state index contributed by atoms with van der Waals surface area (Å²) in [6.45, 7) is 1.76. The SMILES string of the molecule is CC[C@H](NC(=O)c1c(Cl)cccc1Cl)C(=O)OC. The average Bonchev–Trinajstić information content (AvgIpc) is 2.34. The van der Waals surface area contributed by atoms with Crippen LogP contribution in [0.1, 0.15) is 23.7 Å². The van der Waals surface area contributed by atoms with E-state index >= 15 is 0 Å². The van der Waals surface area contributed by atoms with Crippen LogP contribution in [-0.2, 0) is 9.53 Å². The van der Waals surface area contributed by atoms with Crippen LogP contribution in [-0.4, -0.2) is 25.0 Å². The van der Waals surface area contributed by atoms with Crippen LogP contribution < -0.4 is 5.32 Å². The number of hydrogen-bond acceptors (Lipinski definition) is 3. The third kappa shape index (κ3) is 3.37. The van der Waals surface area contributed by atoms with E-state index in [0.717, 1.165) is 0 Å². The monoisotopic (exact) mass is 289 g/mol. The quantitative estimate of drug-likeness (QED) is 0.867. The minimum Gasteiger partial charge on any atom is -0.467 e. The Labute approximate surface area is 115 Å². The Hall–Kier alpha value is -1.26. The zero-order chi connectivity index (χ0) is 13.7. The summed E-state index contributed by atoms with van der Waals surface area (Å²) in [6.07, 6.45) is 0.417. The Morgan fingerprint density at radius 3 is 2.33 bits per heavy atom. The van der Waals surface area contributed by atoms with E-state index in [2.05, 4.69) is 10.1 Å². The lowest BCUT2D eigenvalue weighted by molar-refractivity contribution is -0.142. The van der Waals surface area contributed by atoms with Gasteiger partial charge in [-0.25, -0.2) is 4.79 Å². The second-order valence-electron chi connectivity index (χ2n) is 3.55. The molecule has 0 spiro atoms. The highest BCUT2D eigenvalue weighted by molar-refractivity contribution is 6.39. The number of carbonyl (C=O) groups is 2. The molecule has 18 heavy (non-hydrogen) atoms. The molecule has 0 aliphatic heterocycles. The number of amides is 1. The second-order valence-corrected chi connectivity index (χ2v) is 4.37. The topological polar surface area (TPSA) is 55.4 Å². The molecule has 0 heterocycles. The molecule has 6 heteroatoms. The minimum absolute atomic E-state index is 0.156. The summed E-state index contributed by atoms with van der Waals surface area (Å²) in [5.41, 5.74) is 0.156. The Bertz CT molecular complexity index is 442. The Kier molecular flexibility index (Phi) is 5.44. The van der Waals surface area contributed by atoms with Crippen molar-refractivity contribution in [2.75, 3.05) is 7.11 Å². The van der Waals surface area contributed by atoms with Crippen molar-refractivity contribution >= 4 is 35.1 Å². The van der Waals surface area contributed by atoms with Crippen LogP contribution in [0.25, 0.3) is 0 Å². The highest BCUT2D eigenvalue weighted by Crippen LogP contribution is 2.24. The summed E-state index contributed by atoms with van der Waals surface area (Å²) in [5.74, 6) is -1.00. The van der Waals surface area contributed by atoms with Gasteiger partial charge in [-0.2, -0.15) is 0 Å². The molecule has 0 aliphatic carbocycles. The summed E-state index contributed by atoms with van der Waals surface area (Å²) in [4.78, 5) is 23.4. The molecule has 0 radical (unpaired) electrons. The maximum atomic E-state index is 12.0. The first-order valence-electron chi connectivity index (χ1n) is 5.34. The molecule has 0 unspecified atom stereocenters. The van der Waals surface area contributed by atoms with Crippen LogP contribution >= 0.6 is 23.2 Å². The van der Waals surface area contributed by atoms with E-state index in [1.54, 1.807) is 25.1 Å². The summed E-state index contributed by atoms with van der Waals surface area (Å²) in [7, 11) is 1.26. The molecule has 98 valence electrons. The van der Waals surface area contributed by atoms with Crippen molar-refractivity contribution in [1.82, 2.24) is 5.32 Å². The second kappa shape index (κ2) is 6.61. The van der Waals surface area contributed by atoms with E-state index < -0.39 is 17.9 Å². The largest absolute Gasteiger partial charge is 0.467 e. The summed E-state index contributed by atoms with van der Waals surface area (Å²) < 4.78 is 4.58. The van der Waals surface area contributed by atoms with Gasteiger partial charge in [0.25, 0.3) is 5.91 Å². The van der Waals surface area contributed by atoms with Crippen molar-refractivity contribution in [3.05, 3.63) is 33.8 Å². The van der Waals surface area contributed by atoms with Crippen molar-refractivity contribution in [1.29, 1.82) is 0 Å². The molecule has 0 fully saturated rings. The first-order valence-corrected chi connectivity index (χ1v) is 6.09. The van der Waals surface area contributed by atoms with E-state index in [-0.39, 0.29) is 15.6 Å². The highest BCUT2D eigenvalue weighted by Gasteiger charge is 2.22. The van der Waals surface area contributed by atoms with Gasteiger partial charge in [-0.15, -0.1) is 0 Å². The van der Waals surface area contributed by atoms with Crippen molar-refractivity contribution in [2.45, 2.75) is 19.4 Å². The van der Waals surface area contributed by atoms with Gasteiger partial charge in [0.2, 0.25) is 0 Å². The molecule has 1 N–H and O–H groups in total. The number of methoxy groups -OCH3 is 1. The first-order chi connectivity index (χ1) is 8.51. The van der Waals surface area contributed by atoms with E-state index in [0.29, 0.717) is 6.42 Å². The number of esters is 1. The van der Waals surface area contributed by atoms with Crippen LogP contribution in [0.5, 0.6) is 0 Å². The number of ether oxygens (including phenoxy) is 1. The van der Waals surface area contributed by atoms with Crippen molar-refractivity contribution < 1.29 is 14.3 Å². The number of halogens is 2. The Balaban J connectivity index is 2.91. The molecule has 1 atom stereocenters. The van der Waals surface area contributed by atoms with Gasteiger partial charge in [0, 0.05) is 0 Å². The van der Waals surface area contributed by atoms with E-state index in [9.17, 15) is 9.59 Å². The number of rotatable bonds is 4. The Morgan fingerprint density at radius 1 is 1.33 bits per heavy atom. The molecular weight excluding hydrogens is 277 g/mol. The predicted molar refractivity (Wildman–Crippen MR) is 70.0 cm³/mol. The number of hydrogen-bond donors (Lipinski definition) is 1. The smallest absolute Gasteiger partial charge is 0.328 e. The number of benzene rings is 1. The van der Waals surface area contributed by atoms with Gasteiger partial charge in [0.05, 0.1) is 22.7 Å². The van der Waals surface area contributed by atoms with Crippen LogP contribution in [0.2, 0.25) is 10.0 Å². The molecule has 1 aromatic carbocycles. The van der Waals surface area contributed by atoms with Gasteiger partial charge in [-0.3, -0.25) is 4.79 Å². The molecule has 1 aromatic rings. The van der Waals surface area contributed by atoms with Crippen molar-refractivity contribution in [3.8, 4) is 0 Å². The highest BCUT2D eigenvalue weighted by atomic mass is 35.5. The summed E-state index contributed by atoms with van der Waals surface area (Å²) >= 11 is 11.8. The fourth-order valence-corrected chi connectivity index (χ4v) is 1.98. The molecule has 1 rings (SSSR count). The number of nitrogens with one attached hydrogen (secondary N) is 1. The molecule has 0 aromatic heterocycles. The maximum Gasteiger partial charge on any atom is 0.328 e. The zero-order valence-corrected chi connectivity index (χ0v) is 11.5. The van der Waals surface area contributed by atoms with Gasteiger partial charge >= 0.3 is 5.97 Å². The van der Waals surface area contributed by atoms with Crippen LogP contribution in [0, 0.1) is 0 Å². The molecular formula is C12H13Cl2NO3. The molecule has 4 nitrogen and oxygen atoms in total. The average molecular weight is 290 g/mol. The lowest BCUT2D eigenvalue weighted by Gasteiger charge is -2.15. The van der Waals surface area contributed by atoms with Crippen LogP contribution in [0.3, 0.4) is 0 Å². The minimum atomic E-state index is -0.713. The van der Waals surface area contributed by atoms with E-state index in [1.807, 2.05) is 0 Å². The molecule has 0 bridgehead atoms. The first kappa shape index (κ1) is 14.8. The fraction of sp³-hybridized carbons (Fsp3) is 0.333. The standard InChI is InChI=1S/C12H13Cl2NO3/c1-3-9(12(17)18-2)15-11(16)10-7(13)5-4-6-8(10)14/h4-6,9H,3H2,1-2H3,(H,15,16)/t9-/m0/s1. The third-order valence-electron chi connectivity index (χ3n) is 2.39. The lowest BCUT2D eigenvalue weighted by atomic mass is 10.1. The molecule has 0 saturated carbocycles. The molecule has 0 aliphatic rings. The van der Waals surface area contributed by atoms with Gasteiger partial charge in [-0.05, 0) is 18.6 Å². The normalized spacial score (nSPS) is 11.8. The van der Waals surface area contributed by atoms with Crippen molar-refractivity contribution in [3.63, 3.8) is 0 Å². The van der Waals surface area contributed by atoms with Crippen LogP contribution in [0.15, 0.2) is 18.2 Å². The van der Waals surface area contributed by atoms with E-state index in [1.165, 1.54) is 7.11 Å². The molecule has 0 saturated heterocycles. The van der Waals surface area contributed by atoms with Gasteiger partial charge in [0.1, 0.15) is 6.04 Å². The van der Waals surface area contributed by atoms with Crippen molar-refractivity contribution in [2.24, 2.45) is 0 Å². The fourth-order valence-electron chi connectivity index (χ4n) is 1.42. The molecule has 1 amide bonds. The van der Waals surface area contributed by atoms with Gasteiger partial charge < -0.3 is 10.1 Å². The lowest BCUT2D eigenvalue weighted by Crippen LogP contribution is -2.41. The maximum absolute atomic E-state index is 12.0. The predicted octanol–water partition coefficient (Wildman–Crippen LogP) is 2.67. The third-order valence-corrected chi connectivity index (χ3v) is 3.02. The Morgan fingerprint density at radius 2 is 1.89 bits per heavy atom. The zero-order valence-electron chi connectivity index (χ0n) is 10.00. The van der Waals surface area contributed by atoms with E-state index in [4.69, 9.17) is 23.2 Å². The summed E-state index contributed by atoms with van der Waals surface area (Å²) in [5, 5.41) is 3.00. The summed E-state index contributed by atoms with van der Waals surface area (Å²) in [6, 6.07) is 4.04. The van der Waals surface area contributed by atoms with Gasteiger partial charge in [-0.1, -0.05) is 36.2 Å². The number of carbonyl (C=O) groups excluding carboxylic acids is 2. The van der Waals surface area contributed by atoms with Gasteiger partial charge in [0.15, 0.2) is 0 Å².